The van der Waals surface area contributed by atoms with Gasteiger partial charge in [-0.15, -0.1) is 0 Å². The van der Waals surface area contributed by atoms with Crippen molar-refractivity contribution >= 4 is 21.7 Å². The first-order valence-corrected chi connectivity index (χ1v) is 7.71. The van der Waals surface area contributed by atoms with E-state index in [1.54, 1.807) is 7.11 Å². The maximum atomic E-state index is 5.56. The Balaban J connectivity index is 2.60. The number of ether oxygens (including phenoxy) is 1. The number of aromatic nitrogens is 2. The minimum absolute atomic E-state index is 0.132. The molecule has 1 aromatic carbocycles. The van der Waals surface area contributed by atoms with Crippen LogP contribution in [0.1, 0.15) is 25.8 Å². The number of benzene rings is 1. The van der Waals surface area contributed by atoms with Crippen LogP contribution < -0.4 is 5.32 Å². The molecule has 2 rings (SSSR count). The van der Waals surface area contributed by atoms with E-state index >= 15 is 0 Å². The lowest BCUT2D eigenvalue weighted by Crippen LogP contribution is -2.14. The molecule has 0 aliphatic carbocycles. The van der Waals surface area contributed by atoms with Gasteiger partial charge in [-0.1, -0.05) is 44.2 Å². The highest BCUT2D eigenvalue weighted by Crippen LogP contribution is 2.34. The Kier molecular flexibility index (Phi) is 5.31. The van der Waals surface area contributed by atoms with Crippen molar-refractivity contribution in [2.75, 3.05) is 19.5 Å². The van der Waals surface area contributed by atoms with E-state index in [-0.39, 0.29) is 6.10 Å². The van der Waals surface area contributed by atoms with E-state index in [0.29, 0.717) is 11.7 Å². The summed E-state index contributed by atoms with van der Waals surface area (Å²) in [5.74, 6) is 1.75. The maximum absolute atomic E-state index is 5.56. The molecule has 0 amide bonds. The van der Waals surface area contributed by atoms with Gasteiger partial charge >= 0.3 is 0 Å². The van der Waals surface area contributed by atoms with E-state index in [4.69, 9.17) is 9.72 Å². The average Bonchev–Trinajstić information content (AvgIpc) is 2.49. The lowest BCUT2D eigenvalue weighted by molar-refractivity contribution is 0.0576. The molecule has 2 aromatic rings. The highest BCUT2D eigenvalue weighted by Gasteiger charge is 2.22. The van der Waals surface area contributed by atoms with Gasteiger partial charge in [0.1, 0.15) is 11.9 Å². The zero-order valence-corrected chi connectivity index (χ0v) is 14.3. The summed E-state index contributed by atoms with van der Waals surface area (Å²) in [5.41, 5.74) is 1.91. The van der Waals surface area contributed by atoms with Crippen molar-refractivity contribution in [1.82, 2.24) is 9.97 Å². The molecule has 112 valence electrons. The van der Waals surface area contributed by atoms with Gasteiger partial charge in [0.05, 0.1) is 10.2 Å². The van der Waals surface area contributed by atoms with Gasteiger partial charge < -0.3 is 10.1 Å². The standard InChI is InChI=1S/C16H20BrN3O/c1-10(2)14(21-4)16-19-13(11-8-6-5-7-9-11)12(17)15(18-3)20-16/h5-10,14H,1-4H3,(H,18,19,20). The van der Waals surface area contributed by atoms with Gasteiger partial charge in [0.25, 0.3) is 0 Å². The van der Waals surface area contributed by atoms with Crippen LogP contribution in [-0.4, -0.2) is 24.1 Å². The Morgan fingerprint density at radius 2 is 1.81 bits per heavy atom. The Hall–Kier alpha value is -1.46. The van der Waals surface area contributed by atoms with Gasteiger partial charge in [0, 0.05) is 19.7 Å². The molecule has 0 saturated heterocycles. The highest BCUT2D eigenvalue weighted by atomic mass is 79.9. The van der Waals surface area contributed by atoms with Gasteiger partial charge in [-0.2, -0.15) is 0 Å². The quantitative estimate of drug-likeness (QED) is 0.874. The second-order valence-corrected chi connectivity index (χ2v) is 5.90. The fraction of sp³-hybridized carbons (Fsp3) is 0.375. The van der Waals surface area contributed by atoms with Crippen molar-refractivity contribution < 1.29 is 4.74 Å². The predicted octanol–water partition coefficient (Wildman–Crippen LogP) is 4.29. The molecule has 0 saturated carbocycles. The predicted molar refractivity (Wildman–Crippen MR) is 89.3 cm³/mol. The summed E-state index contributed by atoms with van der Waals surface area (Å²) in [6.07, 6.45) is -0.132. The minimum Gasteiger partial charge on any atom is -0.373 e. The third-order valence-electron chi connectivity index (χ3n) is 3.27. The molecule has 0 fully saturated rings. The van der Waals surface area contributed by atoms with Gasteiger partial charge in [-0.05, 0) is 21.8 Å². The molecule has 1 aromatic heterocycles. The monoisotopic (exact) mass is 349 g/mol. The van der Waals surface area contributed by atoms with E-state index in [1.165, 1.54) is 0 Å². The molecule has 0 bridgehead atoms. The molecule has 0 radical (unpaired) electrons. The number of halogens is 1. The number of nitrogens with zero attached hydrogens (tertiary/aromatic N) is 2. The highest BCUT2D eigenvalue weighted by molar-refractivity contribution is 9.10. The second kappa shape index (κ2) is 7.00. The molecule has 0 spiro atoms. The van der Waals surface area contributed by atoms with Crippen molar-refractivity contribution in [1.29, 1.82) is 0 Å². The summed E-state index contributed by atoms with van der Waals surface area (Å²) in [6.45, 7) is 4.20. The lowest BCUT2D eigenvalue weighted by atomic mass is 10.1. The summed E-state index contributed by atoms with van der Waals surface area (Å²) in [6, 6.07) is 10.1. The van der Waals surface area contributed by atoms with Crippen molar-refractivity contribution in [3.8, 4) is 11.3 Å². The zero-order valence-electron chi connectivity index (χ0n) is 12.7. The molecule has 1 atom stereocenters. The van der Waals surface area contributed by atoms with E-state index < -0.39 is 0 Å². The molecule has 5 heteroatoms. The Bertz CT molecular complexity index is 602. The van der Waals surface area contributed by atoms with Crippen LogP contribution >= 0.6 is 15.9 Å². The van der Waals surface area contributed by atoms with Crippen LogP contribution in [0.5, 0.6) is 0 Å². The number of anilines is 1. The summed E-state index contributed by atoms with van der Waals surface area (Å²) < 4.78 is 6.42. The Labute approximate surface area is 134 Å². The third-order valence-corrected chi connectivity index (χ3v) is 4.02. The molecule has 21 heavy (non-hydrogen) atoms. The fourth-order valence-corrected chi connectivity index (χ4v) is 2.82. The molecular weight excluding hydrogens is 330 g/mol. The largest absolute Gasteiger partial charge is 0.373 e. The molecule has 1 N–H and O–H groups in total. The van der Waals surface area contributed by atoms with Crippen molar-refractivity contribution in [2.24, 2.45) is 5.92 Å². The number of methoxy groups -OCH3 is 1. The first kappa shape index (κ1) is 15.9. The summed E-state index contributed by atoms with van der Waals surface area (Å²) in [7, 11) is 3.54. The van der Waals surface area contributed by atoms with Crippen LogP contribution in [-0.2, 0) is 4.74 Å². The van der Waals surface area contributed by atoms with Crippen LogP contribution in [0.3, 0.4) is 0 Å². The van der Waals surface area contributed by atoms with Gasteiger partial charge in [-0.3, -0.25) is 0 Å². The number of rotatable bonds is 5. The van der Waals surface area contributed by atoms with Crippen LogP contribution in [0.25, 0.3) is 11.3 Å². The van der Waals surface area contributed by atoms with E-state index in [1.807, 2.05) is 37.4 Å². The number of nitrogens with one attached hydrogen (secondary N) is 1. The van der Waals surface area contributed by atoms with Crippen LogP contribution in [0, 0.1) is 5.92 Å². The molecule has 0 aliphatic rings. The molecular formula is C16H20BrN3O. The minimum atomic E-state index is -0.132. The third kappa shape index (κ3) is 3.41. The Morgan fingerprint density at radius 1 is 1.14 bits per heavy atom. The lowest BCUT2D eigenvalue weighted by Gasteiger charge is -2.20. The van der Waals surface area contributed by atoms with Crippen molar-refractivity contribution in [3.05, 3.63) is 40.6 Å². The van der Waals surface area contributed by atoms with Gasteiger partial charge in [0.15, 0.2) is 5.82 Å². The van der Waals surface area contributed by atoms with Gasteiger partial charge in [0.2, 0.25) is 0 Å². The first-order chi connectivity index (χ1) is 10.1. The fourth-order valence-electron chi connectivity index (χ4n) is 2.22. The number of hydrogen-bond donors (Lipinski definition) is 1. The maximum Gasteiger partial charge on any atom is 0.160 e. The second-order valence-electron chi connectivity index (χ2n) is 5.11. The van der Waals surface area contributed by atoms with Crippen LogP contribution in [0.2, 0.25) is 0 Å². The van der Waals surface area contributed by atoms with E-state index in [9.17, 15) is 0 Å². The molecule has 0 aliphatic heterocycles. The summed E-state index contributed by atoms with van der Waals surface area (Å²) in [4.78, 5) is 9.30. The Morgan fingerprint density at radius 3 is 2.33 bits per heavy atom. The van der Waals surface area contributed by atoms with Crippen LogP contribution in [0.4, 0.5) is 5.82 Å². The summed E-state index contributed by atoms with van der Waals surface area (Å²) >= 11 is 3.59. The van der Waals surface area contributed by atoms with Crippen LogP contribution in [0.15, 0.2) is 34.8 Å². The number of hydrogen-bond acceptors (Lipinski definition) is 4. The van der Waals surface area contributed by atoms with Gasteiger partial charge in [-0.25, -0.2) is 9.97 Å². The molecule has 1 unspecified atom stereocenters. The van der Waals surface area contributed by atoms with E-state index in [2.05, 4.69) is 40.1 Å². The molecule has 1 heterocycles. The summed E-state index contributed by atoms with van der Waals surface area (Å²) in [5, 5.41) is 3.11. The topological polar surface area (TPSA) is 47.0 Å². The van der Waals surface area contributed by atoms with Crippen molar-refractivity contribution in [2.45, 2.75) is 20.0 Å². The van der Waals surface area contributed by atoms with Crippen molar-refractivity contribution in [3.63, 3.8) is 0 Å². The zero-order chi connectivity index (χ0) is 15.4. The first-order valence-electron chi connectivity index (χ1n) is 6.91. The molecule has 4 nitrogen and oxygen atoms in total. The van der Waals surface area contributed by atoms with E-state index in [0.717, 1.165) is 21.5 Å². The smallest absolute Gasteiger partial charge is 0.160 e. The SMILES string of the molecule is CNc1nc(C(OC)C(C)C)nc(-c2ccccc2)c1Br. The average molecular weight is 350 g/mol. The normalized spacial score (nSPS) is 12.5.